The summed E-state index contributed by atoms with van der Waals surface area (Å²) in [5.41, 5.74) is 0. The predicted molar refractivity (Wildman–Crippen MR) is 71.3 cm³/mol. The Bertz CT molecular complexity index is 535. The van der Waals surface area contributed by atoms with Crippen LogP contribution in [0.5, 0.6) is 0 Å². The van der Waals surface area contributed by atoms with Gasteiger partial charge in [0.25, 0.3) is 0 Å². The van der Waals surface area contributed by atoms with E-state index in [-0.39, 0.29) is 0 Å². The molecule has 0 N–H and O–H groups in total. The first-order chi connectivity index (χ1) is 8.12. The van der Waals surface area contributed by atoms with Crippen LogP contribution in [0.4, 0.5) is 0 Å². The molecule has 1 aromatic carbocycles. The zero-order valence-electron chi connectivity index (χ0n) is 10.00. The van der Waals surface area contributed by atoms with Crippen LogP contribution >= 0.6 is 0 Å². The summed E-state index contributed by atoms with van der Waals surface area (Å²) in [5, 5.41) is 0. The Balaban J connectivity index is 3.28. The number of sulfone groups is 1. The summed E-state index contributed by atoms with van der Waals surface area (Å²) in [5.74, 6) is 0. The molecule has 0 aliphatic heterocycles. The van der Waals surface area contributed by atoms with Crippen molar-refractivity contribution in [2.24, 2.45) is 0 Å². The van der Waals surface area contributed by atoms with Crippen LogP contribution in [0.25, 0.3) is 0 Å². The molecule has 0 saturated carbocycles. The summed E-state index contributed by atoms with van der Waals surface area (Å²) in [6, 6.07) is 8.43. The SMILES string of the molecule is C\C=C/C=C(\C=C/C)S(=O)(=O)c1ccccc1. The third-order valence-corrected chi connectivity index (χ3v) is 3.93. The van der Waals surface area contributed by atoms with Gasteiger partial charge >= 0.3 is 0 Å². The molecule has 0 bridgehead atoms. The first kappa shape index (κ1) is 13.5. The Kier molecular flexibility index (Phi) is 4.91. The molecular formula is C14H16O2S. The van der Waals surface area contributed by atoms with Gasteiger partial charge in [0.1, 0.15) is 0 Å². The molecule has 3 heteroatoms. The molecule has 1 rings (SSSR count). The van der Waals surface area contributed by atoms with Crippen molar-refractivity contribution in [3.05, 3.63) is 65.6 Å². The van der Waals surface area contributed by atoms with Gasteiger partial charge in [-0.1, -0.05) is 36.4 Å². The Morgan fingerprint density at radius 2 is 1.71 bits per heavy atom. The Hall–Kier alpha value is -1.61. The number of rotatable bonds is 4. The van der Waals surface area contributed by atoms with Crippen LogP contribution in [0.15, 0.2) is 70.5 Å². The fraction of sp³-hybridized carbons (Fsp3) is 0.143. The normalized spacial score (nSPS) is 13.6. The van der Waals surface area contributed by atoms with Crippen molar-refractivity contribution in [2.45, 2.75) is 18.7 Å². The fourth-order valence-electron chi connectivity index (χ4n) is 1.33. The molecule has 0 atom stereocenters. The molecule has 0 spiro atoms. The molecule has 0 heterocycles. The van der Waals surface area contributed by atoms with E-state index in [1.54, 1.807) is 67.6 Å². The van der Waals surface area contributed by atoms with Gasteiger partial charge in [-0.25, -0.2) is 8.42 Å². The average Bonchev–Trinajstić information content (AvgIpc) is 2.35. The lowest BCUT2D eigenvalue weighted by molar-refractivity contribution is 0.603. The Morgan fingerprint density at radius 1 is 1.06 bits per heavy atom. The van der Waals surface area contributed by atoms with Crippen LogP contribution in [-0.4, -0.2) is 8.42 Å². The lowest BCUT2D eigenvalue weighted by Gasteiger charge is -2.04. The minimum Gasteiger partial charge on any atom is -0.219 e. The maximum absolute atomic E-state index is 12.3. The molecular weight excluding hydrogens is 232 g/mol. The second-order valence-electron chi connectivity index (χ2n) is 3.41. The molecule has 0 radical (unpaired) electrons. The van der Waals surface area contributed by atoms with E-state index in [0.29, 0.717) is 9.80 Å². The van der Waals surface area contributed by atoms with Gasteiger partial charge in [0.05, 0.1) is 9.80 Å². The number of allylic oxidation sites excluding steroid dienone is 5. The smallest absolute Gasteiger partial charge is 0.206 e. The second kappa shape index (κ2) is 6.21. The molecule has 0 aliphatic carbocycles. The van der Waals surface area contributed by atoms with Gasteiger partial charge in [0, 0.05) is 0 Å². The largest absolute Gasteiger partial charge is 0.219 e. The highest BCUT2D eigenvalue weighted by molar-refractivity contribution is 7.95. The van der Waals surface area contributed by atoms with Gasteiger partial charge in [0.15, 0.2) is 0 Å². The molecule has 0 unspecified atom stereocenters. The van der Waals surface area contributed by atoms with Crippen molar-refractivity contribution in [1.82, 2.24) is 0 Å². The Morgan fingerprint density at radius 3 is 2.24 bits per heavy atom. The topological polar surface area (TPSA) is 34.1 Å². The highest BCUT2D eigenvalue weighted by Crippen LogP contribution is 2.19. The van der Waals surface area contributed by atoms with Gasteiger partial charge in [-0.05, 0) is 38.1 Å². The summed E-state index contributed by atoms with van der Waals surface area (Å²) >= 11 is 0. The Labute approximate surface area is 103 Å². The van der Waals surface area contributed by atoms with Crippen LogP contribution in [0.3, 0.4) is 0 Å². The van der Waals surface area contributed by atoms with E-state index >= 15 is 0 Å². The van der Waals surface area contributed by atoms with Gasteiger partial charge in [-0.2, -0.15) is 0 Å². The average molecular weight is 248 g/mol. The van der Waals surface area contributed by atoms with Crippen molar-refractivity contribution in [2.75, 3.05) is 0 Å². The highest BCUT2D eigenvalue weighted by atomic mass is 32.2. The predicted octanol–water partition coefficient (Wildman–Crippen LogP) is 3.50. The number of hydrogen-bond acceptors (Lipinski definition) is 2. The fourth-order valence-corrected chi connectivity index (χ4v) is 2.69. The van der Waals surface area contributed by atoms with Crippen molar-refractivity contribution in [1.29, 1.82) is 0 Å². The summed E-state index contributed by atoms with van der Waals surface area (Å²) in [4.78, 5) is 0.609. The quantitative estimate of drug-likeness (QED) is 0.764. The highest BCUT2D eigenvalue weighted by Gasteiger charge is 2.17. The van der Waals surface area contributed by atoms with Crippen LogP contribution < -0.4 is 0 Å². The van der Waals surface area contributed by atoms with Gasteiger partial charge in [-0.3, -0.25) is 0 Å². The molecule has 0 aromatic heterocycles. The first-order valence-electron chi connectivity index (χ1n) is 5.38. The van der Waals surface area contributed by atoms with Crippen molar-refractivity contribution in [3.8, 4) is 0 Å². The summed E-state index contributed by atoms with van der Waals surface area (Å²) < 4.78 is 24.5. The van der Waals surface area contributed by atoms with Crippen molar-refractivity contribution in [3.63, 3.8) is 0 Å². The molecule has 0 amide bonds. The molecule has 2 nitrogen and oxygen atoms in total. The first-order valence-corrected chi connectivity index (χ1v) is 6.87. The van der Waals surface area contributed by atoms with E-state index in [9.17, 15) is 8.42 Å². The molecule has 0 aliphatic rings. The van der Waals surface area contributed by atoms with Gasteiger partial charge in [0.2, 0.25) is 9.84 Å². The van der Waals surface area contributed by atoms with Gasteiger partial charge in [-0.15, -0.1) is 0 Å². The molecule has 17 heavy (non-hydrogen) atoms. The van der Waals surface area contributed by atoms with Gasteiger partial charge < -0.3 is 0 Å². The lowest BCUT2D eigenvalue weighted by Crippen LogP contribution is -2.02. The summed E-state index contributed by atoms with van der Waals surface area (Å²) in [6.07, 6.45) is 8.43. The monoisotopic (exact) mass is 248 g/mol. The molecule has 1 aromatic rings. The lowest BCUT2D eigenvalue weighted by atomic mass is 10.4. The maximum atomic E-state index is 12.3. The van der Waals surface area contributed by atoms with Crippen LogP contribution in [0, 0.1) is 0 Å². The minimum absolute atomic E-state index is 0.296. The molecule has 0 saturated heterocycles. The second-order valence-corrected chi connectivity index (χ2v) is 5.36. The summed E-state index contributed by atoms with van der Waals surface area (Å²) in [7, 11) is -3.41. The zero-order chi connectivity index (χ0) is 12.7. The maximum Gasteiger partial charge on any atom is 0.206 e. The molecule has 0 fully saturated rings. The third kappa shape index (κ3) is 3.43. The van der Waals surface area contributed by atoms with Crippen molar-refractivity contribution < 1.29 is 8.42 Å². The minimum atomic E-state index is -3.41. The van der Waals surface area contributed by atoms with E-state index in [4.69, 9.17) is 0 Å². The van der Waals surface area contributed by atoms with Crippen molar-refractivity contribution >= 4 is 9.84 Å². The van der Waals surface area contributed by atoms with Crippen LogP contribution in [0.1, 0.15) is 13.8 Å². The van der Waals surface area contributed by atoms with E-state index in [1.807, 2.05) is 6.92 Å². The van der Waals surface area contributed by atoms with E-state index in [0.717, 1.165) is 0 Å². The van der Waals surface area contributed by atoms with E-state index in [2.05, 4.69) is 0 Å². The zero-order valence-corrected chi connectivity index (χ0v) is 10.8. The molecule has 90 valence electrons. The summed E-state index contributed by atoms with van der Waals surface area (Å²) in [6.45, 7) is 3.64. The van der Waals surface area contributed by atoms with E-state index < -0.39 is 9.84 Å². The number of hydrogen-bond donors (Lipinski definition) is 0. The standard InChI is InChI=1S/C14H16O2S/c1-3-5-10-13(9-4-2)17(15,16)14-11-7-6-8-12-14/h3-12H,1-2H3/b5-3-,9-4-,13-10+. The number of benzene rings is 1. The van der Waals surface area contributed by atoms with Crippen LogP contribution in [-0.2, 0) is 9.84 Å². The third-order valence-electron chi connectivity index (χ3n) is 2.15. The van der Waals surface area contributed by atoms with E-state index in [1.165, 1.54) is 0 Å². The van der Waals surface area contributed by atoms with Crippen LogP contribution in [0.2, 0.25) is 0 Å².